The molecule has 0 saturated carbocycles. The molecule has 0 spiro atoms. The van der Waals surface area contributed by atoms with Crippen molar-refractivity contribution in [2.75, 3.05) is 11.9 Å². The lowest BCUT2D eigenvalue weighted by molar-refractivity contribution is -0.141. The Morgan fingerprint density at radius 3 is 2.53 bits per heavy atom. The molecule has 1 aromatic heterocycles. The maximum Gasteiger partial charge on any atom is 0.326 e. The van der Waals surface area contributed by atoms with Gasteiger partial charge in [-0.15, -0.1) is 5.10 Å². The number of carbonyl (C=O) groups is 1. The minimum absolute atomic E-state index is 0.378. The van der Waals surface area contributed by atoms with Crippen molar-refractivity contribution >= 4 is 11.8 Å². The normalized spacial score (nSPS) is 13.5. The predicted molar refractivity (Wildman–Crippen MR) is 65.0 cm³/mol. The standard InChI is InChI=1S/C11H20N4O2/c1-6-15-7-8(12-13-15)14(5)9(10(16)17)11(2,3)4/h7,9H,6H2,1-5H3,(H,16,17). The summed E-state index contributed by atoms with van der Waals surface area (Å²) in [6.45, 7) is 8.36. The van der Waals surface area contributed by atoms with Crippen molar-refractivity contribution in [1.29, 1.82) is 0 Å². The lowest BCUT2D eigenvalue weighted by Crippen LogP contribution is -2.47. The molecule has 1 heterocycles. The van der Waals surface area contributed by atoms with E-state index in [9.17, 15) is 9.90 Å². The monoisotopic (exact) mass is 240 g/mol. The Kier molecular flexibility index (Phi) is 3.75. The molecule has 0 amide bonds. The van der Waals surface area contributed by atoms with Gasteiger partial charge in [0.2, 0.25) is 0 Å². The Hall–Kier alpha value is -1.59. The molecule has 0 saturated heterocycles. The van der Waals surface area contributed by atoms with Crippen LogP contribution in [0.1, 0.15) is 27.7 Å². The van der Waals surface area contributed by atoms with Gasteiger partial charge in [-0.05, 0) is 12.3 Å². The van der Waals surface area contributed by atoms with E-state index >= 15 is 0 Å². The molecule has 17 heavy (non-hydrogen) atoms. The van der Waals surface area contributed by atoms with Crippen LogP contribution in [0.15, 0.2) is 6.20 Å². The summed E-state index contributed by atoms with van der Waals surface area (Å²) in [5.74, 6) is -0.278. The third-order valence-electron chi connectivity index (χ3n) is 2.65. The maximum absolute atomic E-state index is 11.3. The molecule has 0 aliphatic carbocycles. The van der Waals surface area contributed by atoms with Gasteiger partial charge in [-0.2, -0.15) is 0 Å². The minimum atomic E-state index is -0.856. The molecule has 6 nitrogen and oxygen atoms in total. The first kappa shape index (κ1) is 13.5. The van der Waals surface area contributed by atoms with Gasteiger partial charge < -0.3 is 10.0 Å². The molecule has 1 rings (SSSR count). The number of aliphatic carboxylic acids is 1. The van der Waals surface area contributed by atoms with Crippen molar-refractivity contribution in [3.05, 3.63) is 6.20 Å². The average Bonchev–Trinajstić information content (AvgIpc) is 2.62. The van der Waals surface area contributed by atoms with Gasteiger partial charge in [-0.1, -0.05) is 26.0 Å². The fourth-order valence-corrected chi connectivity index (χ4v) is 1.85. The second-order valence-electron chi connectivity index (χ2n) is 5.15. The summed E-state index contributed by atoms with van der Waals surface area (Å²) in [7, 11) is 1.73. The van der Waals surface area contributed by atoms with Crippen molar-refractivity contribution < 1.29 is 9.90 Å². The van der Waals surface area contributed by atoms with Crippen molar-refractivity contribution in [3.8, 4) is 0 Å². The van der Waals surface area contributed by atoms with Gasteiger partial charge in [0, 0.05) is 13.6 Å². The van der Waals surface area contributed by atoms with Gasteiger partial charge in [-0.25, -0.2) is 4.79 Å². The number of likely N-dealkylation sites (N-methyl/N-ethyl adjacent to an activating group) is 1. The van der Waals surface area contributed by atoms with E-state index in [0.717, 1.165) is 0 Å². The summed E-state index contributed by atoms with van der Waals surface area (Å²) < 4.78 is 1.67. The van der Waals surface area contributed by atoms with Crippen LogP contribution in [-0.4, -0.2) is 39.2 Å². The molecule has 0 bridgehead atoms. The second kappa shape index (κ2) is 4.73. The van der Waals surface area contributed by atoms with Crippen LogP contribution in [0.3, 0.4) is 0 Å². The van der Waals surface area contributed by atoms with E-state index in [-0.39, 0.29) is 5.41 Å². The topological polar surface area (TPSA) is 71.2 Å². The van der Waals surface area contributed by atoms with E-state index in [1.807, 2.05) is 27.7 Å². The van der Waals surface area contributed by atoms with E-state index in [2.05, 4.69) is 10.3 Å². The largest absolute Gasteiger partial charge is 0.480 e. The van der Waals surface area contributed by atoms with E-state index in [4.69, 9.17) is 0 Å². The lowest BCUT2D eigenvalue weighted by Gasteiger charge is -2.34. The van der Waals surface area contributed by atoms with Gasteiger partial charge >= 0.3 is 5.97 Å². The van der Waals surface area contributed by atoms with Gasteiger partial charge in [-0.3, -0.25) is 4.68 Å². The lowest BCUT2D eigenvalue weighted by atomic mass is 9.86. The average molecular weight is 240 g/mol. The van der Waals surface area contributed by atoms with Gasteiger partial charge in [0.25, 0.3) is 0 Å². The summed E-state index contributed by atoms with van der Waals surface area (Å²) in [4.78, 5) is 13.0. The molecule has 0 radical (unpaired) electrons. The molecule has 96 valence electrons. The smallest absolute Gasteiger partial charge is 0.326 e. The molecule has 1 aromatic rings. The van der Waals surface area contributed by atoms with Crippen molar-refractivity contribution in [2.45, 2.75) is 40.3 Å². The van der Waals surface area contributed by atoms with Gasteiger partial charge in [0.05, 0.1) is 6.20 Å². The second-order valence-corrected chi connectivity index (χ2v) is 5.15. The van der Waals surface area contributed by atoms with Crippen LogP contribution in [0.5, 0.6) is 0 Å². The number of aryl methyl sites for hydroxylation is 1. The number of rotatable bonds is 4. The Balaban J connectivity index is 3.00. The summed E-state index contributed by atoms with van der Waals surface area (Å²) in [5, 5.41) is 17.2. The third-order valence-corrected chi connectivity index (χ3v) is 2.65. The fourth-order valence-electron chi connectivity index (χ4n) is 1.85. The van der Waals surface area contributed by atoms with E-state index < -0.39 is 12.0 Å². The number of hydrogen-bond acceptors (Lipinski definition) is 4. The van der Waals surface area contributed by atoms with Crippen LogP contribution in [0, 0.1) is 5.41 Å². The number of anilines is 1. The number of hydrogen-bond donors (Lipinski definition) is 1. The predicted octanol–water partition coefficient (Wildman–Crippen LogP) is 1.23. The van der Waals surface area contributed by atoms with Crippen molar-refractivity contribution in [2.24, 2.45) is 5.41 Å². The minimum Gasteiger partial charge on any atom is -0.480 e. The van der Waals surface area contributed by atoms with E-state index in [1.165, 1.54) is 0 Å². The number of aromatic nitrogens is 3. The Morgan fingerprint density at radius 1 is 1.59 bits per heavy atom. The molecular weight excluding hydrogens is 220 g/mol. The summed E-state index contributed by atoms with van der Waals surface area (Å²) in [6, 6.07) is -0.635. The molecule has 0 aliphatic heterocycles. The molecule has 1 unspecified atom stereocenters. The molecular formula is C11H20N4O2. The highest BCUT2D eigenvalue weighted by Gasteiger charge is 2.35. The summed E-state index contributed by atoms with van der Waals surface area (Å²) in [6.07, 6.45) is 1.75. The van der Waals surface area contributed by atoms with E-state index in [0.29, 0.717) is 12.4 Å². The Labute approximate surface area is 101 Å². The molecule has 1 atom stereocenters. The highest BCUT2D eigenvalue weighted by atomic mass is 16.4. The zero-order valence-electron chi connectivity index (χ0n) is 11.0. The fraction of sp³-hybridized carbons (Fsp3) is 0.727. The van der Waals surface area contributed by atoms with Crippen molar-refractivity contribution in [1.82, 2.24) is 15.0 Å². The first-order valence-electron chi connectivity index (χ1n) is 5.63. The van der Waals surface area contributed by atoms with E-state index in [1.54, 1.807) is 22.8 Å². The molecule has 0 fully saturated rings. The van der Waals surface area contributed by atoms with Crippen LogP contribution >= 0.6 is 0 Å². The van der Waals surface area contributed by atoms with Crippen LogP contribution in [0.4, 0.5) is 5.82 Å². The highest BCUT2D eigenvalue weighted by Crippen LogP contribution is 2.26. The zero-order chi connectivity index (χ0) is 13.2. The Bertz CT molecular complexity index is 394. The number of carboxylic acid groups (broad SMARTS) is 1. The quantitative estimate of drug-likeness (QED) is 0.857. The van der Waals surface area contributed by atoms with Gasteiger partial charge in [0.1, 0.15) is 6.04 Å². The highest BCUT2D eigenvalue weighted by molar-refractivity contribution is 5.78. The number of carboxylic acids is 1. The number of nitrogens with zero attached hydrogens (tertiary/aromatic N) is 4. The SMILES string of the molecule is CCn1cc(N(C)C(C(=O)O)C(C)(C)C)nn1. The van der Waals surface area contributed by atoms with Crippen molar-refractivity contribution in [3.63, 3.8) is 0 Å². The molecule has 6 heteroatoms. The van der Waals surface area contributed by atoms with Crippen LogP contribution < -0.4 is 4.90 Å². The first-order valence-corrected chi connectivity index (χ1v) is 5.63. The zero-order valence-corrected chi connectivity index (χ0v) is 11.0. The third kappa shape index (κ3) is 2.95. The molecule has 0 aliphatic rings. The Morgan fingerprint density at radius 2 is 2.18 bits per heavy atom. The summed E-state index contributed by atoms with van der Waals surface area (Å²) in [5.41, 5.74) is -0.378. The van der Waals surface area contributed by atoms with Crippen LogP contribution in [0.2, 0.25) is 0 Å². The maximum atomic E-state index is 11.3. The van der Waals surface area contributed by atoms with Crippen LogP contribution in [-0.2, 0) is 11.3 Å². The van der Waals surface area contributed by atoms with Gasteiger partial charge in [0.15, 0.2) is 5.82 Å². The summed E-state index contributed by atoms with van der Waals surface area (Å²) >= 11 is 0. The molecule has 1 N–H and O–H groups in total. The first-order chi connectivity index (χ1) is 7.77. The van der Waals surface area contributed by atoms with Crippen LogP contribution in [0.25, 0.3) is 0 Å². The molecule has 0 aromatic carbocycles.